The van der Waals surface area contributed by atoms with Crippen LogP contribution in [0.25, 0.3) is 43.4 Å². The minimum atomic E-state index is -1.29. The number of aliphatic carboxylic acids is 2. The lowest BCUT2D eigenvalue weighted by molar-refractivity contribution is -0.143. The molecule has 0 spiro atoms. The van der Waals surface area contributed by atoms with E-state index in [2.05, 4.69) is 26.7 Å². The minimum absolute atomic E-state index is 0.00133. The van der Waals surface area contributed by atoms with Crippen molar-refractivity contribution in [1.29, 1.82) is 0 Å². The Balaban J connectivity index is 1.01. The number of carboxylic acids is 2. The van der Waals surface area contributed by atoms with Crippen LogP contribution in [0.3, 0.4) is 0 Å². The molecule has 8 aromatic rings. The molecule has 1 aliphatic carbocycles. The van der Waals surface area contributed by atoms with Gasteiger partial charge in [0.05, 0.1) is 53.8 Å². The number of aliphatic hydroxyl groups is 1. The van der Waals surface area contributed by atoms with E-state index in [4.69, 9.17) is 49.2 Å². The van der Waals surface area contributed by atoms with Crippen molar-refractivity contribution in [2.75, 3.05) is 32.1 Å². The van der Waals surface area contributed by atoms with Crippen LogP contribution < -0.4 is 31.6 Å². The van der Waals surface area contributed by atoms with E-state index in [1.54, 1.807) is 59.5 Å². The summed E-state index contributed by atoms with van der Waals surface area (Å²) < 4.78 is 11.3. The quantitative estimate of drug-likeness (QED) is 0.0474. The highest BCUT2D eigenvalue weighted by Gasteiger charge is 2.34. The van der Waals surface area contributed by atoms with Gasteiger partial charge in [0.1, 0.15) is 89.2 Å². The van der Waals surface area contributed by atoms with E-state index in [1.807, 2.05) is 25.3 Å². The van der Waals surface area contributed by atoms with Gasteiger partial charge < -0.3 is 46.1 Å². The Bertz CT molecular complexity index is 3930. The Hall–Kier alpha value is -7.92. The summed E-state index contributed by atoms with van der Waals surface area (Å²) in [7, 11) is 2.98. The predicted molar refractivity (Wildman–Crippen MR) is 341 cm³/mol. The van der Waals surface area contributed by atoms with E-state index < -0.39 is 78.5 Å². The highest BCUT2D eigenvalue weighted by Crippen LogP contribution is 2.41. The van der Waals surface area contributed by atoms with Gasteiger partial charge in [-0.2, -0.15) is 5.48 Å². The molecule has 8 N–H and O–H groups in total. The van der Waals surface area contributed by atoms with Gasteiger partial charge in [0.15, 0.2) is 0 Å². The van der Waals surface area contributed by atoms with Crippen molar-refractivity contribution < 1.29 is 63.2 Å². The fourth-order valence-electron chi connectivity index (χ4n) is 9.98. The number of benzene rings is 1. The van der Waals surface area contributed by atoms with E-state index >= 15 is 0 Å². The lowest BCUT2D eigenvalue weighted by Crippen LogP contribution is -2.40. The standard InChI is InChI=1S/C59H63N13O13S6/c1-28(2)44-57-70-47(39(91-57)23-83-5)50(78)61-21-42(74)67-48(49(77)30-10-7-6-8-11-30)56-65-38(26-88-56)54-64-37(25-87-54)46-34(52-62-32(24-86-52)22-84-71-36(20-41(73)60-4)55-69-45(29(3)90-55)51(79)68-44)17-18-35(63-46)53-66-40(27-89-53)72(19-9-12-43(75)76)59(82)85-33-15-13-31(14-16-33)58(80)81/h6-8,10-11,17-18,24-28,31,33,36,44,48-49,71,77H,9,12-16,19-23H2,1-5H3,(H,60,73)(H,61,78)(H,67,74)(H,68,79)(H,75,76)(H,80,81)/t31-,33-,36-,44?,48-,49-/m0/s1. The molecule has 10 rings (SSSR count). The molecule has 2 aliphatic rings. The van der Waals surface area contributed by atoms with E-state index in [0.29, 0.717) is 105 Å². The number of nitrogens with zero attached hydrogens (tertiary/aromatic N) is 8. The van der Waals surface area contributed by atoms with Crippen molar-refractivity contribution in [2.24, 2.45) is 11.8 Å². The Morgan fingerprint density at radius 3 is 2.23 bits per heavy atom. The third-order valence-corrected chi connectivity index (χ3v) is 20.5. The predicted octanol–water partition coefficient (Wildman–Crippen LogP) is 9.05. The maximum atomic E-state index is 14.2. The number of hydroxylamine groups is 1. The second kappa shape index (κ2) is 30.0. The topological polar surface area (TPSA) is 361 Å². The summed E-state index contributed by atoms with van der Waals surface area (Å²) >= 11 is 7.36. The Morgan fingerprint density at radius 1 is 0.758 bits per heavy atom. The van der Waals surface area contributed by atoms with Crippen LogP contribution in [0.15, 0.2) is 64.0 Å². The van der Waals surface area contributed by atoms with Gasteiger partial charge >= 0.3 is 18.0 Å². The van der Waals surface area contributed by atoms with Gasteiger partial charge in [-0.25, -0.2) is 39.7 Å². The molecule has 26 nitrogen and oxygen atoms in total. The zero-order valence-corrected chi connectivity index (χ0v) is 54.5. The van der Waals surface area contributed by atoms with Gasteiger partial charge in [-0.3, -0.25) is 38.5 Å². The number of thiazole rings is 6. The van der Waals surface area contributed by atoms with Crippen molar-refractivity contribution in [3.8, 4) is 43.4 Å². The molecule has 5 amide bonds. The van der Waals surface area contributed by atoms with Gasteiger partial charge in [0, 0.05) is 59.1 Å². The van der Waals surface area contributed by atoms with Crippen LogP contribution in [-0.4, -0.2) is 125 Å². The zero-order chi connectivity index (χ0) is 64.5. The molecule has 1 aromatic carbocycles. The number of aromatic nitrogens is 7. The summed E-state index contributed by atoms with van der Waals surface area (Å²) in [5.41, 5.74) is 6.31. The fourth-order valence-corrected chi connectivity index (χ4v) is 15.5. The first-order valence-electron chi connectivity index (χ1n) is 28.8. The highest BCUT2D eigenvalue weighted by molar-refractivity contribution is 7.15. The van der Waals surface area contributed by atoms with E-state index in [0.717, 1.165) is 0 Å². The highest BCUT2D eigenvalue weighted by atomic mass is 32.1. The number of anilines is 1. The molecule has 4 atom stereocenters. The lowest BCUT2D eigenvalue weighted by Gasteiger charge is -2.28. The summed E-state index contributed by atoms with van der Waals surface area (Å²) in [6, 6.07) is 9.72. The van der Waals surface area contributed by atoms with Crippen molar-refractivity contribution in [2.45, 2.75) is 109 Å². The molecule has 7 aromatic heterocycles. The Morgan fingerprint density at radius 2 is 1.49 bits per heavy atom. The molecular formula is C59H63N13O13S6. The Labute approximate surface area is 544 Å². The molecule has 478 valence electrons. The molecule has 1 fully saturated rings. The van der Waals surface area contributed by atoms with Gasteiger partial charge in [0.25, 0.3) is 11.8 Å². The van der Waals surface area contributed by atoms with E-state index in [9.17, 15) is 48.9 Å². The molecule has 0 radical (unpaired) electrons. The number of hydrogen-bond donors (Lipinski definition) is 8. The van der Waals surface area contributed by atoms with Crippen molar-refractivity contribution in [3.05, 3.63) is 111 Å². The molecule has 1 unspecified atom stereocenters. The average molecular weight is 1350 g/mol. The average Bonchev–Trinajstić information content (AvgIpc) is 1.73. The number of fused-ring (bicyclic) bond motifs is 14. The summed E-state index contributed by atoms with van der Waals surface area (Å²) in [5, 5.41) is 51.8. The van der Waals surface area contributed by atoms with Crippen LogP contribution in [0.4, 0.5) is 10.6 Å². The number of methoxy groups -OCH3 is 1. The van der Waals surface area contributed by atoms with Crippen molar-refractivity contribution in [3.63, 3.8) is 0 Å². The molecule has 10 bridgehead atoms. The largest absolute Gasteiger partial charge is 0.481 e. The summed E-state index contributed by atoms with van der Waals surface area (Å²) in [5.74, 6) is -4.65. The number of aryl methyl sites for hydroxylation is 1. The fraction of sp³-hybridized carbons (Fsp3) is 0.390. The normalized spacial score (nSPS) is 18.7. The third kappa shape index (κ3) is 16.1. The summed E-state index contributed by atoms with van der Waals surface area (Å²) in [6.07, 6.45) is -1.37. The van der Waals surface area contributed by atoms with Crippen LogP contribution in [0.2, 0.25) is 0 Å². The van der Waals surface area contributed by atoms with Gasteiger partial charge in [-0.15, -0.1) is 68.0 Å². The smallest absolute Gasteiger partial charge is 0.415 e. The molecule has 32 heteroatoms. The summed E-state index contributed by atoms with van der Waals surface area (Å²) in [6.45, 7) is 4.92. The number of carbonyl (C=O) groups excluding carboxylic acids is 5. The van der Waals surface area contributed by atoms with Crippen LogP contribution in [0.1, 0.15) is 140 Å². The maximum absolute atomic E-state index is 14.2. The number of hydrogen-bond acceptors (Lipinski definition) is 25. The SMILES string of the molecule is CNC(=O)C[C@@H]1NOCc2csc(n2)-c2ccc(-c3nc(N(CCCC(=O)O)C(=O)O[C@H]4CC[C@H](C(=O)O)CC4)cs3)nc2-c2csc(n2)-c2csc(n2)[C@H]([C@@H](O)c2ccccc2)NC(=O)CNC(=O)c2nc(sc2COC)C(C(C)C)NC(=O)c2nc1sc2C. The number of amides is 5. The number of ether oxygens (including phenoxy) is 2. The van der Waals surface area contributed by atoms with Gasteiger partial charge in [0.2, 0.25) is 11.8 Å². The second-order valence-electron chi connectivity index (χ2n) is 21.5. The summed E-state index contributed by atoms with van der Waals surface area (Å²) in [4.78, 5) is 135. The lowest BCUT2D eigenvalue weighted by atomic mass is 9.87. The maximum Gasteiger partial charge on any atom is 0.415 e. The zero-order valence-electron chi connectivity index (χ0n) is 49.6. The van der Waals surface area contributed by atoms with E-state index in [-0.39, 0.29) is 68.1 Å². The molecule has 1 aliphatic heterocycles. The molecule has 8 heterocycles. The van der Waals surface area contributed by atoms with Crippen LogP contribution >= 0.6 is 68.0 Å². The van der Waals surface area contributed by atoms with Crippen LogP contribution in [-0.2, 0) is 46.7 Å². The monoisotopic (exact) mass is 1350 g/mol. The number of aliphatic hydroxyl groups excluding tert-OH is 1. The third-order valence-electron chi connectivity index (χ3n) is 14.7. The molecule has 1 saturated carbocycles. The first-order valence-corrected chi connectivity index (χ1v) is 33.9. The van der Waals surface area contributed by atoms with Gasteiger partial charge in [-0.1, -0.05) is 44.2 Å². The van der Waals surface area contributed by atoms with E-state index in [1.165, 1.54) is 87.1 Å². The molecule has 91 heavy (non-hydrogen) atoms. The first-order chi connectivity index (χ1) is 43.8. The van der Waals surface area contributed by atoms with Gasteiger partial charge in [-0.05, 0) is 62.6 Å². The number of pyridine rings is 1. The number of carbonyl (C=O) groups is 7. The number of nitrogens with one attached hydrogen (secondary N) is 5. The number of carboxylic acid groups (broad SMARTS) is 2. The minimum Gasteiger partial charge on any atom is -0.481 e. The second-order valence-corrected chi connectivity index (χ2v) is 27.3. The van der Waals surface area contributed by atoms with Crippen molar-refractivity contribution in [1.82, 2.24) is 61.6 Å². The molecular weight excluding hydrogens is 1290 g/mol. The van der Waals surface area contributed by atoms with Crippen molar-refractivity contribution >= 4 is 115 Å². The number of rotatable bonds is 15. The van der Waals surface area contributed by atoms with Crippen LogP contribution in [0, 0.1) is 18.8 Å². The Kier molecular flexibility index (Phi) is 21.8. The first kappa shape index (κ1) is 66.0. The van der Waals surface area contributed by atoms with Crippen LogP contribution in [0.5, 0.6) is 0 Å². The molecule has 0 saturated heterocycles.